The van der Waals surface area contributed by atoms with Crippen molar-refractivity contribution >= 4 is 117 Å². The SMILES string of the molecule is C.CC.CC(C)(C)OC(=O)C[C@@H]1COc2cc(O)ccc2C1.CCI.CCI.CCc1cccc(F)c1COc1ccc2c(c1)OC[C@@H](CCc1cc(=O)[nH]o1)C2.CCc1cccc(F)c1COc1ccc2c(c1)OC[C@@H](N)C2.CCc1cccc(F)c1COc1ccc2c(c1)OC[C@@H](NC(=O)OC(C)(C)C)C2.N[C@@H]1COc2cc(O)ccc2C1.[CH3-].[I][V]([I])[I]. The van der Waals surface area contributed by atoms with Crippen LogP contribution in [-0.2, 0) is 96.8 Å². The number of esters is 1. The molecule has 29 heteroatoms. The molecule has 0 unspecified atom stereocenters. The molecule has 0 fully saturated rings. The Labute approximate surface area is 803 Å². The maximum absolute atomic E-state index is 14.1. The summed E-state index contributed by atoms with van der Waals surface area (Å²) in [5.41, 5.74) is 20.3. The Balaban J connectivity index is 0.000000322. The van der Waals surface area contributed by atoms with Crippen LogP contribution >= 0.6 is 105 Å². The second-order valence-electron chi connectivity index (χ2n) is 30.9. The Morgan fingerprint density at radius 3 is 1.22 bits per heavy atom. The number of aromatic hydroxyl groups is 2. The summed E-state index contributed by atoms with van der Waals surface area (Å²) in [7, 11) is 0. The van der Waals surface area contributed by atoms with Crippen LogP contribution in [0.5, 0.6) is 57.5 Å². The normalized spacial score (nSPS) is 15.7. The van der Waals surface area contributed by atoms with Gasteiger partial charge in [-0.1, -0.05) is 168 Å². The number of halogens is 8. The summed E-state index contributed by atoms with van der Waals surface area (Å²) < 4.78 is 106. The Morgan fingerprint density at radius 2 is 0.848 bits per heavy atom. The van der Waals surface area contributed by atoms with Gasteiger partial charge in [-0.05, 0) is 207 Å². The summed E-state index contributed by atoms with van der Waals surface area (Å²) in [5.74, 6) is 6.47. The van der Waals surface area contributed by atoms with Crippen LogP contribution in [0.15, 0.2) is 161 Å². The molecule has 0 bridgehead atoms. The van der Waals surface area contributed by atoms with Gasteiger partial charge in [0.1, 0.15) is 132 Å². The van der Waals surface area contributed by atoms with Gasteiger partial charge in [-0.15, -0.1) is 0 Å². The number of alkyl halides is 2. The second-order valence-corrected chi connectivity index (χ2v) is 69.3. The number of aryl methyl sites for hydroxylation is 4. The summed E-state index contributed by atoms with van der Waals surface area (Å²) in [5, 5.41) is 23.7. The van der Waals surface area contributed by atoms with E-state index in [2.05, 4.69) is 129 Å². The van der Waals surface area contributed by atoms with Crippen LogP contribution in [0, 0.1) is 36.7 Å². The van der Waals surface area contributed by atoms with E-state index in [-0.39, 0.29) is 104 Å². The van der Waals surface area contributed by atoms with Crippen LogP contribution in [0.25, 0.3) is 0 Å². The van der Waals surface area contributed by atoms with Crippen molar-refractivity contribution in [3.8, 4) is 57.5 Å². The van der Waals surface area contributed by atoms with Crippen molar-refractivity contribution in [2.24, 2.45) is 23.3 Å². The molecule has 1 amide bonds. The molecular formula is C96H126F3I5N4O16V-. The van der Waals surface area contributed by atoms with E-state index in [1.54, 1.807) is 42.5 Å². The molecule has 5 atom stereocenters. The Morgan fingerprint density at radius 1 is 0.504 bits per heavy atom. The number of phenolic OH excluding ortho intramolecular Hbond substituents is 2. The van der Waals surface area contributed by atoms with Gasteiger partial charge in [-0.3, -0.25) is 9.59 Å². The molecule has 0 radical (unpaired) electrons. The van der Waals surface area contributed by atoms with E-state index in [0.717, 1.165) is 113 Å². The van der Waals surface area contributed by atoms with Gasteiger partial charge in [0.15, 0.2) is 0 Å². The van der Waals surface area contributed by atoms with E-state index in [1.165, 1.54) is 33.1 Å². The number of alkyl carbamates (subject to hydrolysis) is 1. The first-order chi connectivity index (χ1) is 58.7. The number of aromatic amines is 1. The number of phenols is 2. The first-order valence-electron chi connectivity index (χ1n) is 41.3. The molecule has 0 saturated heterocycles. The summed E-state index contributed by atoms with van der Waals surface area (Å²) >= 11 is 12.0. The number of rotatable bonds is 18. The van der Waals surface area contributed by atoms with Crippen LogP contribution in [0.2, 0.25) is 0 Å². The van der Waals surface area contributed by atoms with Crippen LogP contribution < -0.4 is 60.2 Å². The fourth-order valence-electron chi connectivity index (χ4n) is 13.3. The first-order valence-corrected chi connectivity index (χ1v) is 57.9. The molecule has 5 aliphatic rings. The number of aromatic nitrogens is 1. The molecule has 20 nitrogen and oxygen atoms in total. The third-order valence-corrected chi connectivity index (χ3v) is 18.9. The Kier molecular flexibility index (Phi) is 50.9. The molecule has 9 aromatic rings. The fourth-order valence-corrected chi connectivity index (χ4v) is 13.3. The minimum absolute atomic E-state index is 0. The molecule has 0 saturated carbocycles. The van der Waals surface area contributed by atoms with Crippen LogP contribution in [0.4, 0.5) is 18.0 Å². The Hall–Kier alpha value is -6.55. The van der Waals surface area contributed by atoms with Gasteiger partial charge in [0.25, 0.3) is 5.56 Å². The summed E-state index contributed by atoms with van der Waals surface area (Å²) in [6.07, 6.45) is 7.72. The quantitative estimate of drug-likeness (QED) is 0.0202. The van der Waals surface area contributed by atoms with Crippen LogP contribution in [0.3, 0.4) is 0 Å². The number of hydrogen-bond acceptors (Lipinski definition) is 18. The number of nitrogens with one attached hydrogen (secondary N) is 2. The van der Waals surface area contributed by atoms with E-state index in [1.807, 2.05) is 161 Å². The molecular weight excluding hydrogens is 2210 g/mol. The van der Waals surface area contributed by atoms with Crippen molar-refractivity contribution in [3.05, 3.63) is 254 Å². The van der Waals surface area contributed by atoms with Crippen molar-refractivity contribution in [2.75, 3.05) is 41.9 Å². The number of hydrogen-bond donors (Lipinski definition) is 6. The standard InChI is InChI=1S/C23H24FNO4.C23H28FNO4.C18H20FNO2.C15H20O4.C9H11NO2.2C2H5I.C2H6.CH4.CH3.3HI.V/c1-2-16-4-3-5-21(24)20(16)14-27-18-9-7-17-10-15(13-28-22(17)11-18)6-8-19-12-23(26)25-29-19;1-5-15-7-6-8-20(24)19(15)14-27-18-10-9-16-11-17(13-28-21(16)12-18)25-22(26)29-23(2,3)4;1-2-12-4-3-5-17(19)16(12)11-21-15-7-6-13-8-14(20)10-22-18(13)9-15;1-15(2,3)19-14(17)7-10-6-11-4-5-12(16)8-13(11)18-9-10;10-7-3-6-1-2-8(11)4-9(6)12-5-7;2*1-2-3;1-2;;;;;;/h3-5,7,9,11-12,15H,2,6,8,10,13-14H2,1H3,(H,25,26);6-10,12,17H,5,11,13-14H2,1-4H3,(H,25,26);3-7,9,14H,2,8,10-11,20H2,1H3;4-5,8,10,16H,6-7,9H2,1-3H3;1-2,4,7,11H,3,5,10H2;2*2H2,1H3;1-2H3;1H4;1H3;3*1H;/q;;;;;;;;;-1;;;;+3/p-3/t15-;17-;14-;10-;7-;;;;;;;;;/m00010........./s1. The van der Waals surface area contributed by atoms with Gasteiger partial charge in [-0.2, -0.15) is 5.16 Å². The monoisotopic (exact) mass is 2330 g/mol. The predicted molar refractivity (Wildman–Crippen MR) is 532 cm³/mol. The molecule has 8 aromatic carbocycles. The average molecular weight is 2330 g/mol. The number of carbonyl (C=O) groups is 2. The molecule has 6 heterocycles. The van der Waals surface area contributed by atoms with Crippen LogP contribution in [0.1, 0.15) is 177 Å². The minimum atomic E-state index is -0.542. The van der Waals surface area contributed by atoms with Gasteiger partial charge >= 0.3 is 76.9 Å². The van der Waals surface area contributed by atoms with Gasteiger partial charge in [0, 0.05) is 77.5 Å². The van der Waals surface area contributed by atoms with Crippen molar-refractivity contribution in [1.29, 1.82) is 0 Å². The molecule has 1 aromatic heterocycles. The van der Waals surface area contributed by atoms with Gasteiger partial charge in [0.2, 0.25) is 0 Å². The third-order valence-electron chi connectivity index (χ3n) is 18.9. The van der Waals surface area contributed by atoms with Gasteiger partial charge < -0.3 is 86.3 Å². The summed E-state index contributed by atoms with van der Waals surface area (Å²) in [6, 6.07) is 44.1. The van der Waals surface area contributed by atoms with Crippen molar-refractivity contribution in [1.82, 2.24) is 10.5 Å². The molecule has 5 aliphatic heterocycles. The first kappa shape index (κ1) is 111. The van der Waals surface area contributed by atoms with Gasteiger partial charge in [0.05, 0.1) is 25.7 Å². The molecule has 0 aliphatic carbocycles. The number of benzene rings is 8. The topological polar surface area (TPSA) is 277 Å². The van der Waals surface area contributed by atoms with E-state index in [4.69, 9.17) is 68.5 Å². The van der Waals surface area contributed by atoms with E-state index in [0.29, 0.717) is 109 Å². The number of H-pyrrole nitrogens is 1. The van der Waals surface area contributed by atoms with Crippen molar-refractivity contribution in [3.63, 3.8) is 0 Å². The zero-order chi connectivity index (χ0) is 90.3. The second kappa shape index (κ2) is 57.5. The molecule has 8 N–H and O–H groups in total. The van der Waals surface area contributed by atoms with Crippen molar-refractivity contribution in [2.45, 2.75) is 217 Å². The summed E-state index contributed by atoms with van der Waals surface area (Å²) in [6.45, 7) is 28.4. The summed E-state index contributed by atoms with van der Waals surface area (Å²) in [4.78, 5) is 34.6. The number of ether oxygens (including phenoxy) is 10. The molecule has 688 valence electrons. The van der Waals surface area contributed by atoms with Crippen molar-refractivity contribution < 1.29 is 89.8 Å². The number of amides is 1. The van der Waals surface area contributed by atoms with Gasteiger partial charge in [-0.25, -0.2) is 18.0 Å². The van der Waals surface area contributed by atoms with E-state index < -0.39 is 17.3 Å². The predicted octanol–water partition coefficient (Wildman–Crippen LogP) is 23.4. The fraction of sp³-hybridized carbons (Fsp3) is 0.438. The number of fused-ring (bicyclic) bond motifs is 5. The molecule has 125 heavy (non-hydrogen) atoms. The van der Waals surface area contributed by atoms with E-state index >= 15 is 0 Å². The maximum atomic E-state index is 14.1. The zero-order valence-corrected chi connectivity index (χ0v) is 85.6. The number of carbonyl (C=O) groups excluding carboxylic acids is 2. The average Bonchev–Trinajstić information content (AvgIpc) is 1.08. The number of nitrogens with two attached hydrogens (primary N) is 2. The van der Waals surface area contributed by atoms with Crippen LogP contribution in [-0.4, -0.2) is 98.6 Å². The van der Waals surface area contributed by atoms with E-state index in [9.17, 15) is 32.7 Å². The Bertz CT molecular complexity index is 4790. The molecule has 14 rings (SSSR count). The molecule has 0 spiro atoms. The zero-order valence-electron chi connectivity index (χ0n) is 73.4. The third kappa shape index (κ3) is 39.8.